The number of likely N-dealkylation sites (N-methyl/N-ethyl adjacent to an activating group) is 1. The number of amides is 2. The van der Waals surface area contributed by atoms with E-state index in [1.165, 1.54) is 0 Å². The second kappa shape index (κ2) is 8.63. The lowest BCUT2D eigenvalue weighted by Gasteiger charge is -2.25. The zero-order chi connectivity index (χ0) is 15.8. The molecule has 6 heteroatoms. The third-order valence-electron chi connectivity index (χ3n) is 3.76. The molecule has 0 radical (unpaired) electrons. The van der Waals surface area contributed by atoms with Gasteiger partial charge in [-0.2, -0.15) is 5.26 Å². The summed E-state index contributed by atoms with van der Waals surface area (Å²) in [7, 11) is 1.74. The third kappa shape index (κ3) is 5.72. The number of nitrogens with one attached hydrogen (secondary N) is 3. The third-order valence-corrected chi connectivity index (χ3v) is 3.76. The number of piperidine rings is 1. The fourth-order valence-electron chi connectivity index (χ4n) is 2.59. The minimum absolute atomic E-state index is 0.0110. The number of rotatable bonds is 7. The summed E-state index contributed by atoms with van der Waals surface area (Å²) in [5.41, 5.74) is 0. The first-order chi connectivity index (χ1) is 9.97. The molecule has 1 saturated heterocycles. The van der Waals surface area contributed by atoms with Crippen LogP contribution in [0.2, 0.25) is 0 Å². The van der Waals surface area contributed by atoms with E-state index in [2.05, 4.69) is 22.0 Å². The topological polar surface area (TPSA) is 94.0 Å². The highest BCUT2D eigenvalue weighted by atomic mass is 16.2. The van der Waals surface area contributed by atoms with Gasteiger partial charge in [0.15, 0.2) is 0 Å². The Hall–Kier alpha value is -1.61. The van der Waals surface area contributed by atoms with Gasteiger partial charge in [-0.1, -0.05) is 13.8 Å². The second-order valence-electron chi connectivity index (χ2n) is 6.03. The lowest BCUT2D eigenvalue weighted by molar-refractivity contribution is -0.128. The standard InChI is InChI=1S/C15H26N4O2/c1-10(2)7-13(17-3)15(21)19-12(9-16)8-11-5-4-6-18-14(11)20/h10-13,17H,4-8H2,1-3H3,(H,18,20)(H,19,21)/t11?,12?,13-/m0/s1. The van der Waals surface area contributed by atoms with Gasteiger partial charge >= 0.3 is 0 Å². The fourth-order valence-corrected chi connectivity index (χ4v) is 2.59. The van der Waals surface area contributed by atoms with Gasteiger partial charge in [0.2, 0.25) is 11.8 Å². The quantitative estimate of drug-likeness (QED) is 0.639. The number of nitrogens with zero attached hydrogens (tertiary/aromatic N) is 1. The molecule has 3 N–H and O–H groups in total. The molecule has 3 atom stereocenters. The Balaban J connectivity index is 2.54. The van der Waals surface area contributed by atoms with Crippen LogP contribution >= 0.6 is 0 Å². The summed E-state index contributed by atoms with van der Waals surface area (Å²) in [6.45, 7) is 4.80. The fraction of sp³-hybridized carbons (Fsp3) is 0.800. The lowest BCUT2D eigenvalue weighted by Crippen LogP contribution is -2.48. The van der Waals surface area contributed by atoms with Gasteiger partial charge in [0.05, 0.1) is 12.1 Å². The van der Waals surface area contributed by atoms with Crippen molar-refractivity contribution < 1.29 is 9.59 Å². The Morgan fingerprint density at radius 3 is 2.76 bits per heavy atom. The van der Waals surface area contributed by atoms with Crippen LogP contribution in [0.15, 0.2) is 0 Å². The van der Waals surface area contributed by atoms with Crippen LogP contribution in [0.4, 0.5) is 0 Å². The lowest BCUT2D eigenvalue weighted by atomic mass is 9.91. The molecule has 0 spiro atoms. The molecule has 0 aliphatic carbocycles. The summed E-state index contributed by atoms with van der Waals surface area (Å²) >= 11 is 0. The van der Waals surface area contributed by atoms with Crippen LogP contribution in [0, 0.1) is 23.2 Å². The molecule has 0 aromatic heterocycles. The van der Waals surface area contributed by atoms with Crippen molar-refractivity contribution in [3.05, 3.63) is 0 Å². The first-order valence-corrected chi connectivity index (χ1v) is 7.62. The molecule has 2 unspecified atom stereocenters. The summed E-state index contributed by atoms with van der Waals surface area (Å²) in [5.74, 6) is 0.0248. The average molecular weight is 294 g/mol. The van der Waals surface area contributed by atoms with Crippen LogP contribution in [-0.2, 0) is 9.59 Å². The Morgan fingerprint density at radius 2 is 2.24 bits per heavy atom. The van der Waals surface area contributed by atoms with E-state index in [-0.39, 0.29) is 23.8 Å². The summed E-state index contributed by atoms with van der Waals surface area (Å²) < 4.78 is 0. The van der Waals surface area contributed by atoms with Crippen molar-refractivity contribution in [1.82, 2.24) is 16.0 Å². The molecule has 0 saturated carbocycles. The molecule has 6 nitrogen and oxygen atoms in total. The number of carbonyl (C=O) groups is 2. The van der Waals surface area contributed by atoms with Gasteiger partial charge in [-0.15, -0.1) is 0 Å². The van der Waals surface area contributed by atoms with E-state index in [0.717, 1.165) is 12.8 Å². The van der Waals surface area contributed by atoms with E-state index < -0.39 is 6.04 Å². The van der Waals surface area contributed by atoms with E-state index in [1.807, 2.05) is 13.8 Å². The Morgan fingerprint density at radius 1 is 1.52 bits per heavy atom. The van der Waals surface area contributed by atoms with E-state index >= 15 is 0 Å². The van der Waals surface area contributed by atoms with Crippen molar-refractivity contribution >= 4 is 11.8 Å². The van der Waals surface area contributed by atoms with Gasteiger partial charge < -0.3 is 16.0 Å². The Bertz CT molecular complexity index is 403. The van der Waals surface area contributed by atoms with Crippen LogP contribution in [0.3, 0.4) is 0 Å². The predicted octanol–water partition coefficient (Wildman–Crippen LogP) is 0.545. The van der Waals surface area contributed by atoms with Gasteiger partial charge in [0.25, 0.3) is 0 Å². The highest BCUT2D eigenvalue weighted by Crippen LogP contribution is 2.17. The zero-order valence-corrected chi connectivity index (χ0v) is 13.1. The van der Waals surface area contributed by atoms with E-state index in [4.69, 9.17) is 0 Å². The second-order valence-corrected chi connectivity index (χ2v) is 6.03. The van der Waals surface area contributed by atoms with Crippen LogP contribution in [0.5, 0.6) is 0 Å². The van der Waals surface area contributed by atoms with Crippen LogP contribution < -0.4 is 16.0 Å². The summed E-state index contributed by atoms with van der Waals surface area (Å²) in [4.78, 5) is 23.9. The molecule has 0 bridgehead atoms. The molecule has 0 aromatic carbocycles. The van der Waals surface area contributed by atoms with E-state index in [0.29, 0.717) is 25.3 Å². The van der Waals surface area contributed by atoms with Crippen LogP contribution in [-0.4, -0.2) is 37.5 Å². The molecule has 1 aliphatic heterocycles. The SMILES string of the molecule is CN[C@@H](CC(C)C)C(=O)NC(C#N)CC1CCCNC1=O. The summed E-state index contributed by atoms with van der Waals surface area (Å²) in [5, 5.41) is 17.7. The minimum atomic E-state index is -0.616. The molecule has 118 valence electrons. The largest absolute Gasteiger partial charge is 0.356 e. The van der Waals surface area contributed by atoms with Crippen molar-refractivity contribution in [3.63, 3.8) is 0 Å². The van der Waals surface area contributed by atoms with E-state index in [1.54, 1.807) is 7.05 Å². The molecule has 2 amide bonds. The van der Waals surface area contributed by atoms with Gasteiger partial charge in [-0.25, -0.2) is 0 Å². The van der Waals surface area contributed by atoms with Crippen LogP contribution in [0.25, 0.3) is 0 Å². The Labute approximate surface area is 126 Å². The highest BCUT2D eigenvalue weighted by Gasteiger charge is 2.27. The van der Waals surface area contributed by atoms with Gasteiger partial charge in [0.1, 0.15) is 6.04 Å². The monoisotopic (exact) mass is 294 g/mol. The zero-order valence-electron chi connectivity index (χ0n) is 13.1. The molecule has 21 heavy (non-hydrogen) atoms. The number of hydrogen-bond acceptors (Lipinski definition) is 4. The van der Waals surface area contributed by atoms with Crippen molar-refractivity contribution in [2.45, 2.75) is 51.6 Å². The highest BCUT2D eigenvalue weighted by molar-refractivity contribution is 5.82. The van der Waals surface area contributed by atoms with E-state index in [9.17, 15) is 14.9 Å². The maximum absolute atomic E-state index is 12.2. The number of nitriles is 1. The van der Waals surface area contributed by atoms with Crippen molar-refractivity contribution in [2.75, 3.05) is 13.6 Å². The minimum Gasteiger partial charge on any atom is -0.356 e. The maximum Gasteiger partial charge on any atom is 0.238 e. The van der Waals surface area contributed by atoms with Crippen LogP contribution in [0.1, 0.15) is 39.5 Å². The molecule has 1 heterocycles. The van der Waals surface area contributed by atoms with Crippen molar-refractivity contribution in [1.29, 1.82) is 5.26 Å². The van der Waals surface area contributed by atoms with Gasteiger partial charge in [-0.3, -0.25) is 9.59 Å². The molecule has 1 rings (SSSR count). The first-order valence-electron chi connectivity index (χ1n) is 7.62. The molecule has 1 fully saturated rings. The molecule has 0 aromatic rings. The summed E-state index contributed by atoms with van der Waals surface area (Å²) in [6.07, 6.45) is 2.80. The molecular formula is C15H26N4O2. The van der Waals surface area contributed by atoms with Crippen molar-refractivity contribution in [2.24, 2.45) is 11.8 Å². The summed E-state index contributed by atoms with van der Waals surface area (Å²) in [6, 6.07) is 1.17. The normalized spacial score (nSPS) is 21.3. The molecule has 1 aliphatic rings. The van der Waals surface area contributed by atoms with Gasteiger partial charge in [0, 0.05) is 12.5 Å². The molecular weight excluding hydrogens is 268 g/mol. The van der Waals surface area contributed by atoms with Crippen molar-refractivity contribution in [3.8, 4) is 6.07 Å². The predicted molar refractivity (Wildman–Crippen MR) is 80.2 cm³/mol. The smallest absolute Gasteiger partial charge is 0.238 e. The maximum atomic E-state index is 12.2. The average Bonchev–Trinajstić information content (AvgIpc) is 2.45. The number of carbonyl (C=O) groups excluding carboxylic acids is 2. The van der Waals surface area contributed by atoms with Gasteiger partial charge in [-0.05, 0) is 38.6 Å². The Kier molecular flexibility index (Phi) is 7.17. The number of hydrogen-bond donors (Lipinski definition) is 3. The first kappa shape index (κ1) is 17.4.